The number of likely N-dealkylation sites (tertiary alicyclic amines) is 1. The highest BCUT2D eigenvalue weighted by molar-refractivity contribution is 5.97. The van der Waals surface area contributed by atoms with Crippen LogP contribution < -0.4 is 5.32 Å². The van der Waals surface area contributed by atoms with Crippen LogP contribution in [0, 0.1) is 5.92 Å². The van der Waals surface area contributed by atoms with Gasteiger partial charge < -0.3 is 10.2 Å². The number of hydrogen-bond acceptors (Lipinski definition) is 2. The largest absolute Gasteiger partial charge is 0.385 e. The van der Waals surface area contributed by atoms with Gasteiger partial charge in [0.05, 0.1) is 0 Å². The first kappa shape index (κ1) is 15.2. The molecule has 1 saturated heterocycles. The van der Waals surface area contributed by atoms with E-state index in [1.54, 1.807) is 0 Å². The van der Waals surface area contributed by atoms with Crippen LogP contribution in [-0.2, 0) is 6.42 Å². The van der Waals surface area contributed by atoms with Gasteiger partial charge in [0.15, 0.2) is 0 Å². The molecule has 20 heavy (non-hydrogen) atoms. The third-order valence-corrected chi connectivity index (χ3v) is 4.40. The summed E-state index contributed by atoms with van der Waals surface area (Å²) < 4.78 is 0. The molecule has 0 aliphatic carbocycles. The third-order valence-electron chi connectivity index (χ3n) is 4.40. The number of fused-ring (bicyclic) bond motifs is 1. The van der Waals surface area contributed by atoms with Crippen LogP contribution in [0.1, 0.15) is 42.1 Å². The predicted molar refractivity (Wildman–Crippen MR) is 84.8 cm³/mol. The van der Waals surface area contributed by atoms with Crippen molar-refractivity contribution in [3.63, 3.8) is 0 Å². The first-order chi connectivity index (χ1) is 9.25. The van der Waals surface area contributed by atoms with Crippen molar-refractivity contribution in [2.24, 2.45) is 5.92 Å². The van der Waals surface area contributed by atoms with Gasteiger partial charge in [-0.2, -0.15) is 0 Å². The number of rotatable bonds is 1. The van der Waals surface area contributed by atoms with Crippen molar-refractivity contribution in [3.05, 3.63) is 29.3 Å². The van der Waals surface area contributed by atoms with Crippen LogP contribution >= 0.6 is 12.4 Å². The number of carbonyl (C=O) groups is 1. The molecule has 0 unspecified atom stereocenters. The van der Waals surface area contributed by atoms with E-state index in [1.807, 2.05) is 17.0 Å². The van der Waals surface area contributed by atoms with E-state index in [0.717, 1.165) is 62.5 Å². The van der Waals surface area contributed by atoms with Gasteiger partial charge >= 0.3 is 0 Å². The summed E-state index contributed by atoms with van der Waals surface area (Å²) in [6, 6.07) is 6.08. The first-order valence-corrected chi connectivity index (χ1v) is 7.41. The van der Waals surface area contributed by atoms with Crippen LogP contribution in [0.4, 0.5) is 5.69 Å². The molecule has 0 radical (unpaired) electrons. The van der Waals surface area contributed by atoms with Crippen molar-refractivity contribution in [2.45, 2.75) is 32.6 Å². The molecular weight excluding hydrogens is 272 g/mol. The zero-order chi connectivity index (χ0) is 13.2. The highest BCUT2D eigenvalue weighted by atomic mass is 35.5. The maximum absolute atomic E-state index is 12.7. The second kappa shape index (κ2) is 6.49. The van der Waals surface area contributed by atoms with E-state index in [-0.39, 0.29) is 18.3 Å². The topological polar surface area (TPSA) is 32.3 Å². The second-order valence-electron chi connectivity index (χ2n) is 5.84. The number of amides is 1. The molecule has 3 nitrogen and oxygen atoms in total. The van der Waals surface area contributed by atoms with Gasteiger partial charge in [-0.25, -0.2) is 0 Å². The number of nitrogens with zero attached hydrogens (tertiary/aromatic N) is 1. The van der Waals surface area contributed by atoms with E-state index >= 15 is 0 Å². The van der Waals surface area contributed by atoms with Crippen LogP contribution in [0.15, 0.2) is 18.2 Å². The average Bonchev–Trinajstić information content (AvgIpc) is 2.47. The normalized spacial score (nSPS) is 18.8. The molecule has 2 aliphatic heterocycles. The quantitative estimate of drug-likeness (QED) is 0.861. The number of nitrogens with one attached hydrogen (secondary N) is 1. The number of hydrogen-bond donors (Lipinski definition) is 1. The van der Waals surface area contributed by atoms with Crippen molar-refractivity contribution in [2.75, 3.05) is 25.0 Å². The van der Waals surface area contributed by atoms with Crippen molar-refractivity contribution >= 4 is 24.0 Å². The van der Waals surface area contributed by atoms with E-state index in [2.05, 4.69) is 18.3 Å². The van der Waals surface area contributed by atoms with E-state index in [4.69, 9.17) is 0 Å². The lowest BCUT2D eigenvalue weighted by molar-refractivity contribution is 0.0696. The molecule has 4 heteroatoms. The summed E-state index contributed by atoms with van der Waals surface area (Å²) >= 11 is 0. The molecular formula is C16H23ClN2O. The SMILES string of the molecule is CC1CCN(C(=O)c2cccc3c2CCCN3)CC1.Cl. The maximum atomic E-state index is 12.7. The molecule has 0 aromatic heterocycles. The Hall–Kier alpha value is -1.22. The maximum Gasteiger partial charge on any atom is 0.254 e. The molecule has 1 N–H and O–H groups in total. The van der Waals surface area contributed by atoms with Crippen LogP contribution in [0.5, 0.6) is 0 Å². The number of piperidine rings is 1. The highest BCUT2D eigenvalue weighted by Gasteiger charge is 2.24. The van der Waals surface area contributed by atoms with Gasteiger partial charge in [0.25, 0.3) is 5.91 Å². The fraction of sp³-hybridized carbons (Fsp3) is 0.562. The Morgan fingerprint density at radius 3 is 2.80 bits per heavy atom. The minimum absolute atomic E-state index is 0. The summed E-state index contributed by atoms with van der Waals surface area (Å²) in [5, 5.41) is 3.40. The molecule has 1 fully saturated rings. The lowest BCUT2D eigenvalue weighted by atomic mass is 9.95. The minimum Gasteiger partial charge on any atom is -0.385 e. The predicted octanol–water partition coefficient (Wildman–Crippen LogP) is 3.34. The molecule has 2 heterocycles. The van der Waals surface area contributed by atoms with Gasteiger partial charge in [-0.15, -0.1) is 12.4 Å². The Labute approximate surface area is 127 Å². The van der Waals surface area contributed by atoms with Crippen LogP contribution in [0.25, 0.3) is 0 Å². The van der Waals surface area contributed by atoms with Gasteiger partial charge in [0, 0.05) is 30.9 Å². The first-order valence-electron chi connectivity index (χ1n) is 7.41. The zero-order valence-electron chi connectivity index (χ0n) is 12.0. The molecule has 0 saturated carbocycles. The van der Waals surface area contributed by atoms with E-state index in [1.165, 1.54) is 5.56 Å². The Bertz CT molecular complexity index is 481. The molecule has 0 spiro atoms. The summed E-state index contributed by atoms with van der Waals surface area (Å²) in [5.74, 6) is 0.989. The standard InChI is InChI=1S/C16H22N2O.ClH/c1-12-7-10-18(11-8-12)16(19)14-4-2-6-15-13(14)5-3-9-17-15;/h2,4,6,12,17H,3,5,7-11H2,1H3;1H. The molecule has 110 valence electrons. The molecule has 0 bridgehead atoms. The lowest BCUT2D eigenvalue weighted by Crippen LogP contribution is -2.38. The monoisotopic (exact) mass is 294 g/mol. The summed E-state index contributed by atoms with van der Waals surface area (Å²) in [4.78, 5) is 14.7. The number of benzene rings is 1. The molecule has 2 aliphatic rings. The van der Waals surface area contributed by atoms with E-state index in [9.17, 15) is 4.79 Å². The summed E-state index contributed by atoms with van der Waals surface area (Å²) in [6.45, 7) is 5.12. The van der Waals surface area contributed by atoms with E-state index in [0.29, 0.717) is 0 Å². The Morgan fingerprint density at radius 1 is 1.30 bits per heavy atom. The number of carbonyl (C=O) groups excluding carboxylic acids is 1. The zero-order valence-corrected chi connectivity index (χ0v) is 12.8. The molecule has 0 atom stereocenters. The van der Waals surface area contributed by atoms with Gasteiger partial charge in [-0.3, -0.25) is 4.79 Å². The van der Waals surface area contributed by atoms with E-state index < -0.39 is 0 Å². The fourth-order valence-corrected chi connectivity index (χ4v) is 3.09. The van der Waals surface area contributed by atoms with Crippen LogP contribution in [0.3, 0.4) is 0 Å². The van der Waals surface area contributed by atoms with Gasteiger partial charge in [-0.1, -0.05) is 13.0 Å². The van der Waals surface area contributed by atoms with Crippen molar-refractivity contribution in [1.82, 2.24) is 4.90 Å². The Morgan fingerprint density at radius 2 is 2.05 bits per heavy atom. The summed E-state index contributed by atoms with van der Waals surface area (Å²) in [5.41, 5.74) is 3.29. The lowest BCUT2D eigenvalue weighted by Gasteiger charge is -2.31. The van der Waals surface area contributed by atoms with Crippen molar-refractivity contribution in [3.8, 4) is 0 Å². The molecule has 1 amide bonds. The second-order valence-corrected chi connectivity index (χ2v) is 5.84. The smallest absolute Gasteiger partial charge is 0.254 e. The Balaban J connectivity index is 0.00000147. The summed E-state index contributed by atoms with van der Waals surface area (Å²) in [7, 11) is 0. The fourth-order valence-electron chi connectivity index (χ4n) is 3.09. The minimum atomic E-state index is 0. The third kappa shape index (κ3) is 2.93. The number of halogens is 1. The van der Waals surface area contributed by atoms with Gasteiger partial charge in [0.1, 0.15) is 0 Å². The Kier molecular flexibility index (Phi) is 4.92. The van der Waals surface area contributed by atoms with Crippen molar-refractivity contribution < 1.29 is 4.79 Å². The molecule has 1 aromatic carbocycles. The van der Waals surface area contributed by atoms with Crippen molar-refractivity contribution in [1.29, 1.82) is 0 Å². The van der Waals surface area contributed by atoms with Crippen LogP contribution in [-0.4, -0.2) is 30.4 Å². The molecule has 3 rings (SSSR count). The van der Waals surface area contributed by atoms with Gasteiger partial charge in [0.2, 0.25) is 0 Å². The van der Waals surface area contributed by atoms with Crippen LogP contribution in [0.2, 0.25) is 0 Å². The average molecular weight is 295 g/mol. The van der Waals surface area contributed by atoms with Gasteiger partial charge in [-0.05, 0) is 49.3 Å². The molecule has 1 aromatic rings. The number of anilines is 1. The summed E-state index contributed by atoms with van der Waals surface area (Å²) in [6.07, 6.45) is 4.42. The highest BCUT2D eigenvalue weighted by Crippen LogP contribution is 2.27.